The number of piperidine rings is 1. The monoisotopic (exact) mass is 368 g/mol. The van der Waals surface area contributed by atoms with E-state index in [-0.39, 0.29) is 6.10 Å². The van der Waals surface area contributed by atoms with Gasteiger partial charge in [0.1, 0.15) is 0 Å². The molecule has 146 valence electrons. The normalized spacial score (nSPS) is 18.6. The van der Waals surface area contributed by atoms with Gasteiger partial charge in [0.25, 0.3) is 0 Å². The van der Waals surface area contributed by atoms with Gasteiger partial charge in [-0.2, -0.15) is 0 Å². The maximum absolute atomic E-state index is 9.87. The second kappa shape index (κ2) is 9.45. The molecule has 0 radical (unpaired) electrons. The molecule has 2 aromatic rings. The van der Waals surface area contributed by atoms with Crippen molar-refractivity contribution in [2.75, 3.05) is 13.1 Å². The minimum absolute atomic E-state index is 0.284. The lowest BCUT2D eigenvalue weighted by Gasteiger charge is -2.32. The number of ether oxygens (including phenoxy) is 1. The lowest BCUT2D eigenvalue weighted by Crippen LogP contribution is -2.39. The van der Waals surface area contributed by atoms with Crippen LogP contribution in [0.1, 0.15) is 49.9 Å². The zero-order chi connectivity index (χ0) is 19.1. The average Bonchev–Trinajstić information content (AvgIpc) is 2.66. The van der Waals surface area contributed by atoms with E-state index in [1.807, 2.05) is 38.2 Å². The molecule has 3 rings (SSSR count). The number of rotatable bonds is 8. The van der Waals surface area contributed by atoms with E-state index in [2.05, 4.69) is 34.1 Å². The second-order valence-corrected chi connectivity index (χ2v) is 8.26. The first kappa shape index (κ1) is 20.0. The molecule has 1 saturated heterocycles. The molecule has 1 aliphatic heterocycles. The van der Waals surface area contributed by atoms with Gasteiger partial charge >= 0.3 is 0 Å². The molecule has 4 heteroatoms. The SMILES string of the molecule is CC(C)(O)CCc1ccc(CN2CCC[C@@H](OCc3ccccn3)C2)cc1. The second-order valence-electron chi connectivity index (χ2n) is 8.26. The van der Waals surface area contributed by atoms with Crippen LogP contribution in [-0.4, -0.2) is 39.8 Å². The molecule has 1 aliphatic rings. The van der Waals surface area contributed by atoms with E-state index in [4.69, 9.17) is 4.74 Å². The van der Waals surface area contributed by atoms with Crippen LogP contribution in [0.4, 0.5) is 0 Å². The number of likely N-dealkylation sites (tertiary alicyclic amines) is 1. The summed E-state index contributed by atoms with van der Waals surface area (Å²) < 4.78 is 6.09. The molecular formula is C23H32N2O2. The fraction of sp³-hybridized carbons (Fsp3) is 0.522. The molecule has 0 amide bonds. The number of aromatic nitrogens is 1. The average molecular weight is 369 g/mol. The zero-order valence-corrected chi connectivity index (χ0v) is 16.6. The van der Waals surface area contributed by atoms with Crippen molar-refractivity contribution in [3.63, 3.8) is 0 Å². The van der Waals surface area contributed by atoms with E-state index in [1.165, 1.54) is 17.5 Å². The van der Waals surface area contributed by atoms with Gasteiger partial charge in [0, 0.05) is 19.3 Å². The zero-order valence-electron chi connectivity index (χ0n) is 16.6. The van der Waals surface area contributed by atoms with E-state index in [0.717, 1.165) is 44.6 Å². The highest BCUT2D eigenvalue weighted by atomic mass is 16.5. The van der Waals surface area contributed by atoms with Crippen molar-refractivity contribution >= 4 is 0 Å². The molecule has 1 fully saturated rings. The molecule has 0 unspecified atom stereocenters. The van der Waals surface area contributed by atoms with Gasteiger partial charge in [0.05, 0.1) is 24.0 Å². The van der Waals surface area contributed by atoms with Gasteiger partial charge in [-0.05, 0) is 69.3 Å². The lowest BCUT2D eigenvalue weighted by molar-refractivity contribution is -0.0132. The molecule has 0 aliphatic carbocycles. The first-order chi connectivity index (χ1) is 13.0. The number of aryl methyl sites for hydroxylation is 1. The van der Waals surface area contributed by atoms with Crippen molar-refractivity contribution in [2.45, 2.75) is 64.4 Å². The standard InChI is InChI=1S/C23H32N2O2/c1-23(2,26)13-12-19-8-10-20(11-9-19)16-25-15-5-7-22(17-25)27-18-21-6-3-4-14-24-21/h3-4,6,8-11,14,22,26H,5,7,12-13,15-18H2,1-2H3/t22-/m1/s1. The number of nitrogens with zero attached hydrogens (tertiary/aromatic N) is 2. The van der Waals surface area contributed by atoms with Crippen LogP contribution < -0.4 is 0 Å². The topological polar surface area (TPSA) is 45.6 Å². The molecule has 27 heavy (non-hydrogen) atoms. The Bertz CT molecular complexity index is 680. The summed E-state index contributed by atoms with van der Waals surface area (Å²) in [5.74, 6) is 0. The smallest absolute Gasteiger partial charge is 0.0892 e. The Morgan fingerprint density at radius 3 is 2.63 bits per heavy atom. The van der Waals surface area contributed by atoms with Crippen LogP contribution in [0.3, 0.4) is 0 Å². The predicted octanol–water partition coefficient (Wildman–Crippen LogP) is 3.97. The van der Waals surface area contributed by atoms with Crippen molar-refractivity contribution in [1.82, 2.24) is 9.88 Å². The van der Waals surface area contributed by atoms with Crippen LogP contribution in [0, 0.1) is 0 Å². The van der Waals surface area contributed by atoms with E-state index in [1.54, 1.807) is 0 Å². The van der Waals surface area contributed by atoms with Crippen LogP contribution in [0.2, 0.25) is 0 Å². The Kier molecular flexibility index (Phi) is 7.00. The van der Waals surface area contributed by atoms with Gasteiger partial charge < -0.3 is 9.84 Å². The Hall–Kier alpha value is -1.75. The maximum atomic E-state index is 9.87. The summed E-state index contributed by atoms with van der Waals surface area (Å²) in [5.41, 5.74) is 3.02. The van der Waals surface area contributed by atoms with Gasteiger partial charge in [0.2, 0.25) is 0 Å². The fourth-order valence-electron chi connectivity index (χ4n) is 3.50. The number of hydrogen-bond acceptors (Lipinski definition) is 4. The van der Waals surface area contributed by atoms with E-state index in [9.17, 15) is 5.11 Å². The first-order valence-corrected chi connectivity index (χ1v) is 10.0. The van der Waals surface area contributed by atoms with Gasteiger partial charge in [-0.3, -0.25) is 9.88 Å². The summed E-state index contributed by atoms with van der Waals surface area (Å²) in [6.07, 6.45) is 6.10. The number of benzene rings is 1. The fourth-order valence-corrected chi connectivity index (χ4v) is 3.50. The number of hydrogen-bond donors (Lipinski definition) is 1. The summed E-state index contributed by atoms with van der Waals surface area (Å²) in [4.78, 5) is 6.82. The highest BCUT2D eigenvalue weighted by Crippen LogP contribution is 2.18. The highest BCUT2D eigenvalue weighted by molar-refractivity contribution is 5.23. The quantitative estimate of drug-likeness (QED) is 0.766. The largest absolute Gasteiger partial charge is 0.390 e. The van der Waals surface area contributed by atoms with E-state index >= 15 is 0 Å². The van der Waals surface area contributed by atoms with Crippen LogP contribution >= 0.6 is 0 Å². The molecule has 1 atom stereocenters. The summed E-state index contributed by atoms with van der Waals surface area (Å²) in [7, 11) is 0. The highest BCUT2D eigenvalue weighted by Gasteiger charge is 2.20. The van der Waals surface area contributed by atoms with Crippen LogP contribution in [-0.2, 0) is 24.3 Å². The third-order valence-electron chi connectivity index (χ3n) is 5.11. The van der Waals surface area contributed by atoms with Crippen molar-refractivity contribution in [3.05, 3.63) is 65.5 Å². The molecule has 1 N–H and O–H groups in total. The molecule has 0 saturated carbocycles. The third kappa shape index (κ3) is 7.06. The molecule has 1 aromatic heterocycles. The minimum Gasteiger partial charge on any atom is -0.390 e. The maximum Gasteiger partial charge on any atom is 0.0892 e. The van der Waals surface area contributed by atoms with Gasteiger partial charge in [-0.25, -0.2) is 0 Å². The Balaban J connectivity index is 1.45. The minimum atomic E-state index is -0.600. The number of aliphatic hydroxyl groups is 1. The van der Waals surface area contributed by atoms with Crippen molar-refractivity contribution < 1.29 is 9.84 Å². The van der Waals surface area contributed by atoms with Gasteiger partial charge in [-0.15, -0.1) is 0 Å². The molecule has 2 heterocycles. The Labute approximate surface area is 163 Å². The van der Waals surface area contributed by atoms with Crippen molar-refractivity contribution in [1.29, 1.82) is 0 Å². The Morgan fingerprint density at radius 1 is 1.15 bits per heavy atom. The van der Waals surface area contributed by atoms with E-state index in [0.29, 0.717) is 6.61 Å². The lowest BCUT2D eigenvalue weighted by atomic mass is 9.98. The summed E-state index contributed by atoms with van der Waals surface area (Å²) in [6, 6.07) is 14.8. The third-order valence-corrected chi connectivity index (χ3v) is 5.11. The molecule has 1 aromatic carbocycles. The summed E-state index contributed by atoms with van der Waals surface area (Å²) in [6.45, 7) is 7.40. The molecule has 4 nitrogen and oxygen atoms in total. The van der Waals surface area contributed by atoms with Crippen LogP contribution in [0.25, 0.3) is 0 Å². The molecule has 0 bridgehead atoms. The Morgan fingerprint density at radius 2 is 1.93 bits per heavy atom. The van der Waals surface area contributed by atoms with Gasteiger partial charge in [0.15, 0.2) is 0 Å². The van der Waals surface area contributed by atoms with Crippen LogP contribution in [0.15, 0.2) is 48.7 Å². The van der Waals surface area contributed by atoms with Gasteiger partial charge in [-0.1, -0.05) is 30.3 Å². The first-order valence-electron chi connectivity index (χ1n) is 10.0. The van der Waals surface area contributed by atoms with E-state index < -0.39 is 5.60 Å². The number of pyridine rings is 1. The molecular weight excluding hydrogens is 336 g/mol. The predicted molar refractivity (Wildman–Crippen MR) is 108 cm³/mol. The molecule has 0 spiro atoms. The van der Waals surface area contributed by atoms with Crippen molar-refractivity contribution in [2.24, 2.45) is 0 Å². The summed E-state index contributed by atoms with van der Waals surface area (Å²) >= 11 is 0. The van der Waals surface area contributed by atoms with Crippen molar-refractivity contribution in [3.8, 4) is 0 Å². The van der Waals surface area contributed by atoms with Crippen LogP contribution in [0.5, 0.6) is 0 Å². The summed E-state index contributed by atoms with van der Waals surface area (Å²) in [5, 5.41) is 9.87.